The highest BCUT2D eigenvalue weighted by Crippen LogP contribution is 2.48. The van der Waals surface area contributed by atoms with E-state index in [2.05, 4.69) is 35.5 Å². The molecule has 1 aromatic carbocycles. The molecule has 2 unspecified atom stereocenters. The Kier molecular flexibility index (Phi) is 4.02. The Bertz CT molecular complexity index is 740. The Balaban J connectivity index is 1.28. The van der Waals surface area contributed by atoms with E-state index in [0.717, 1.165) is 12.8 Å². The lowest BCUT2D eigenvalue weighted by molar-refractivity contribution is -0.194. The molecular weight excluding hydrogens is 329 g/mol. The maximum Gasteiger partial charge on any atom is 0.168 e. The molecule has 4 aliphatic rings. The maximum atomic E-state index is 15.5. The molecule has 2 aliphatic heterocycles. The number of benzene rings is 1. The highest BCUT2D eigenvalue weighted by Gasteiger charge is 2.46. The van der Waals surface area contributed by atoms with E-state index in [1.54, 1.807) is 0 Å². The largest absolute Gasteiger partial charge is 0.348 e. The summed E-state index contributed by atoms with van der Waals surface area (Å²) in [5.41, 5.74) is 2.95. The molecule has 0 aromatic heterocycles. The lowest BCUT2D eigenvalue weighted by Gasteiger charge is -2.40. The van der Waals surface area contributed by atoms with Crippen LogP contribution in [0.2, 0.25) is 0 Å². The van der Waals surface area contributed by atoms with Gasteiger partial charge in [-0.05, 0) is 54.7 Å². The van der Waals surface area contributed by atoms with E-state index < -0.39 is 11.5 Å². The van der Waals surface area contributed by atoms with Crippen LogP contribution >= 0.6 is 0 Å². The van der Waals surface area contributed by atoms with Crippen LogP contribution in [0.5, 0.6) is 0 Å². The van der Waals surface area contributed by atoms with Crippen LogP contribution in [0.25, 0.3) is 5.57 Å². The number of hydrogen-bond acceptors (Lipinski definition) is 3. The minimum Gasteiger partial charge on any atom is -0.348 e. The van der Waals surface area contributed by atoms with E-state index in [1.807, 2.05) is 6.20 Å². The van der Waals surface area contributed by atoms with Gasteiger partial charge in [0.2, 0.25) is 0 Å². The van der Waals surface area contributed by atoms with Gasteiger partial charge in [-0.3, -0.25) is 4.99 Å². The summed E-state index contributed by atoms with van der Waals surface area (Å²) < 4.78 is 27.0. The molecule has 138 valence electrons. The maximum absolute atomic E-state index is 15.5. The summed E-state index contributed by atoms with van der Waals surface area (Å²) in [6.07, 6.45) is 9.12. The van der Waals surface area contributed by atoms with Crippen molar-refractivity contribution in [2.24, 2.45) is 10.9 Å². The third-order valence-corrected chi connectivity index (χ3v) is 6.79. The summed E-state index contributed by atoms with van der Waals surface area (Å²) in [6.45, 7) is 1.30. The van der Waals surface area contributed by atoms with Crippen molar-refractivity contribution >= 4 is 11.8 Å². The molecule has 5 rings (SSSR count). The number of hydrogen-bond donors (Lipinski definition) is 0. The van der Waals surface area contributed by atoms with Crippen LogP contribution in [0, 0.1) is 5.92 Å². The molecule has 1 saturated heterocycles. The molecule has 4 heteroatoms. The van der Waals surface area contributed by atoms with E-state index in [4.69, 9.17) is 9.47 Å². The van der Waals surface area contributed by atoms with Crippen molar-refractivity contribution in [3.8, 4) is 0 Å². The Hall–Kier alpha value is -1.52. The molecule has 3 nitrogen and oxygen atoms in total. The van der Waals surface area contributed by atoms with Gasteiger partial charge in [0.1, 0.15) is 5.67 Å². The predicted octanol–water partition coefficient (Wildman–Crippen LogP) is 5.02. The fraction of sp³-hybridized carbons (Fsp3) is 0.591. The van der Waals surface area contributed by atoms with Crippen LogP contribution in [-0.2, 0) is 9.47 Å². The molecule has 2 atom stereocenters. The second kappa shape index (κ2) is 6.28. The van der Waals surface area contributed by atoms with Crippen LogP contribution < -0.4 is 0 Å². The number of nitrogens with zero attached hydrogens (tertiary/aromatic N) is 1. The second-order valence-corrected chi connectivity index (χ2v) is 8.31. The van der Waals surface area contributed by atoms with Gasteiger partial charge in [-0.2, -0.15) is 0 Å². The zero-order valence-corrected chi connectivity index (χ0v) is 15.1. The molecule has 2 fully saturated rings. The first-order valence-electron chi connectivity index (χ1n) is 9.96. The summed E-state index contributed by atoms with van der Waals surface area (Å²) in [6, 6.07) is 8.61. The molecule has 0 N–H and O–H groups in total. The van der Waals surface area contributed by atoms with Crippen molar-refractivity contribution in [3.05, 3.63) is 41.6 Å². The van der Waals surface area contributed by atoms with E-state index in [-0.39, 0.29) is 0 Å². The summed E-state index contributed by atoms with van der Waals surface area (Å²) in [5, 5.41) is 0. The average Bonchev–Trinajstić information content (AvgIpc) is 3.33. The summed E-state index contributed by atoms with van der Waals surface area (Å²) >= 11 is 0. The quantitative estimate of drug-likeness (QED) is 0.762. The fourth-order valence-corrected chi connectivity index (χ4v) is 5.23. The smallest absolute Gasteiger partial charge is 0.168 e. The lowest BCUT2D eigenvalue weighted by atomic mass is 9.71. The Morgan fingerprint density at radius 1 is 1.08 bits per heavy atom. The summed E-state index contributed by atoms with van der Waals surface area (Å²) in [7, 11) is 0. The number of rotatable bonds is 3. The van der Waals surface area contributed by atoms with Crippen LogP contribution in [0.3, 0.4) is 0 Å². The number of allylic oxidation sites excluding steroid dienone is 1. The lowest BCUT2D eigenvalue weighted by Crippen LogP contribution is -2.41. The topological polar surface area (TPSA) is 30.8 Å². The number of fused-ring (bicyclic) bond motifs is 3. The molecule has 0 radical (unpaired) electrons. The molecule has 1 aromatic rings. The molecule has 26 heavy (non-hydrogen) atoms. The minimum atomic E-state index is -1.07. The standard InChI is InChI=1S/C22H26FNO2/c23-21(7-9-22(10-8-21)25-11-12-26-22)6-5-16-13-17-14-24-15-20(17)19-4-2-1-3-18(16)19/h1-4,14-17H,5-13H2. The van der Waals surface area contributed by atoms with Gasteiger partial charge in [0.15, 0.2) is 5.79 Å². The van der Waals surface area contributed by atoms with E-state index >= 15 is 4.39 Å². The number of alkyl halides is 1. The van der Waals surface area contributed by atoms with E-state index in [1.165, 1.54) is 16.7 Å². The van der Waals surface area contributed by atoms with Crippen LogP contribution in [0.1, 0.15) is 62.0 Å². The zero-order valence-electron chi connectivity index (χ0n) is 15.1. The minimum absolute atomic E-state index is 0.403. The van der Waals surface area contributed by atoms with E-state index in [9.17, 15) is 0 Å². The number of ether oxygens (including phenoxy) is 2. The van der Waals surface area contributed by atoms with Crippen LogP contribution in [0.4, 0.5) is 4.39 Å². The molecule has 2 heterocycles. The highest BCUT2D eigenvalue weighted by molar-refractivity contribution is 5.89. The molecule has 1 saturated carbocycles. The van der Waals surface area contributed by atoms with E-state index in [0.29, 0.717) is 57.2 Å². The van der Waals surface area contributed by atoms with Crippen molar-refractivity contribution in [2.75, 3.05) is 13.2 Å². The molecule has 0 amide bonds. The van der Waals surface area contributed by atoms with Crippen LogP contribution in [0.15, 0.2) is 35.5 Å². The first-order valence-corrected chi connectivity index (χ1v) is 9.96. The van der Waals surface area contributed by atoms with Crippen molar-refractivity contribution in [1.29, 1.82) is 0 Å². The van der Waals surface area contributed by atoms with Gasteiger partial charge in [-0.1, -0.05) is 24.3 Å². The van der Waals surface area contributed by atoms with Gasteiger partial charge in [0.05, 0.1) is 13.2 Å². The predicted molar refractivity (Wildman–Crippen MR) is 99.9 cm³/mol. The van der Waals surface area contributed by atoms with Gasteiger partial charge in [-0.25, -0.2) is 4.39 Å². The Morgan fingerprint density at radius 3 is 2.65 bits per heavy atom. The van der Waals surface area contributed by atoms with Gasteiger partial charge in [0, 0.05) is 31.2 Å². The van der Waals surface area contributed by atoms with Gasteiger partial charge in [0.25, 0.3) is 0 Å². The molecule has 1 spiro atoms. The fourth-order valence-electron chi connectivity index (χ4n) is 5.23. The van der Waals surface area contributed by atoms with Crippen molar-refractivity contribution in [2.45, 2.75) is 62.3 Å². The van der Waals surface area contributed by atoms with Crippen molar-refractivity contribution in [3.63, 3.8) is 0 Å². The third kappa shape index (κ3) is 2.84. The first-order chi connectivity index (χ1) is 12.7. The zero-order chi connectivity index (χ0) is 17.6. The number of halogens is 1. The molecule has 2 aliphatic carbocycles. The van der Waals surface area contributed by atoms with Gasteiger partial charge < -0.3 is 9.47 Å². The highest BCUT2D eigenvalue weighted by atomic mass is 19.1. The summed E-state index contributed by atoms with van der Waals surface area (Å²) in [5.74, 6) is 0.341. The SMILES string of the molecule is FC1(CCC2CC3C=NC=C3c3ccccc32)CCC2(CC1)OCCO2. The van der Waals surface area contributed by atoms with Crippen molar-refractivity contribution < 1.29 is 13.9 Å². The Labute approximate surface area is 154 Å². The second-order valence-electron chi connectivity index (χ2n) is 8.31. The Morgan fingerprint density at radius 2 is 1.85 bits per heavy atom. The normalized spacial score (nSPS) is 30.9. The van der Waals surface area contributed by atoms with Gasteiger partial charge >= 0.3 is 0 Å². The van der Waals surface area contributed by atoms with Crippen molar-refractivity contribution in [1.82, 2.24) is 0 Å². The average molecular weight is 355 g/mol. The van der Waals surface area contributed by atoms with Crippen LogP contribution in [-0.4, -0.2) is 30.9 Å². The van der Waals surface area contributed by atoms with Gasteiger partial charge in [-0.15, -0.1) is 0 Å². The molecular formula is C22H26FNO2. The first kappa shape index (κ1) is 16.6. The summed E-state index contributed by atoms with van der Waals surface area (Å²) in [4.78, 5) is 4.38. The molecule has 0 bridgehead atoms. The monoisotopic (exact) mass is 355 g/mol. The number of aliphatic imine (C=N–C) groups is 1. The third-order valence-electron chi connectivity index (χ3n) is 6.79.